The smallest absolute Gasteiger partial charge is 0.308 e. The lowest BCUT2D eigenvalue weighted by Gasteiger charge is -2.43. The zero-order valence-electron chi connectivity index (χ0n) is 32.3. The van der Waals surface area contributed by atoms with Crippen LogP contribution in [0.5, 0.6) is 0 Å². The maximum absolute atomic E-state index is 13.4. The molecule has 1 fully saturated rings. The Bertz CT molecular complexity index is 1290. The number of cyclic esters (lactones) is 1. The number of carbonyl (C=O) groups is 2. The van der Waals surface area contributed by atoms with Crippen molar-refractivity contribution < 1.29 is 46.1 Å². The van der Waals surface area contributed by atoms with E-state index in [9.17, 15) is 14.7 Å². The van der Waals surface area contributed by atoms with E-state index >= 15 is 0 Å². The van der Waals surface area contributed by atoms with Crippen LogP contribution in [0.15, 0.2) is 23.7 Å². The highest BCUT2D eigenvalue weighted by molar-refractivity contribution is 5.72. The minimum atomic E-state index is -3.63. The molecule has 5 heteroatoms. The normalized spacial score (nSPS) is 57.5. The lowest BCUT2D eigenvalue weighted by atomic mass is 9.65. The van der Waals surface area contributed by atoms with Crippen molar-refractivity contribution in [1.82, 2.24) is 0 Å². The van der Waals surface area contributed by atoms with E-state index in [0.717, 1.165) is 0 Å². The summed E-state index contributed by atoms with van der Waals surface area (Å²) in [5, 5.41) is 10.2. The number of allylic oxidation sites excluding steroid dienone is 3. The van der Waals surface area contributed by atoms with Gasteiger partial charge in [0.2, 0.25) is 0 Å². The first-order chi connectivity index (χ1) is 20.1. The zero-order chi connectivity index (χ0) is 35.1. The quantitative estimate of drug-likeness (QED) is 0.652. The Morgan fingerprint density at radius 3 is 3.10 bits per heavy atom. The summed E-state index contributed by atoms with van der Waals surface area (Å²) in [6.07, 6.45) is -13.2. The molecule has 29 heavy (non-hydrogen) atoms. The largest absolute Gasteiger partial charge is 0.462 e. The van der Waals surface area contributed by atoms with Gasteiger partial charge < -0.3 is 14.6 Å². The molecule has 0 aromatic heterocycles. The minimum absolute atomic E-state index is 0.239. The highest BCUT2D eigenvalue weighted by atomic mass is 16.5. The van der Waals surface area contributed by atoms with Crippen LogP contribution >= 0.6 is 0 Å². The van der Waals surface area contributed by atoms with Crippen LogP contribution in [-0.2, 0) is 19.1 Å². The van der Waals surface area contributed by atoms with Gasteiger partial charge in [-0.15, -0.1) is 0 Å². The molecule has 0 spiro atoms. The second kappa shape index (κ2) is 9.46. The molecule has 0 saturated carbocycles. The summed E-state index contributed by atoms with van der Waals surface area (Å²) in [7, 11) is 0. The second-order valence-electron chi connectivity index (χ2n) is 7.28. The summed E-state index contributed by atoms with van der Waals surface area (Å²) in [4.78, 5) is 25.6. The summed E-state index contributed by atoms with van der Waals surface area (Å²) >= 11 is 0. The molecule has 3 rings (SSSR count). The molecule has 162 valence electrons. The molecule has 1 aliphatic heterocycles. The standard InChI is InChI=1S/C24H36O5/c1-5-15(3)24(27)29-21-11-14(2)10-17-7-6-16(4)20(23(17)21)9-8-19-12-18(25)13-22(26)28-19/h6-7,10,14-16,18-21,23,25H,5,8-9,11-13H2,1-4H3/t14-,15-,16-,18+,19?,20-,21?,23-/m0/s1/i2D3,3D3,6D,7D,10D,11D2,13D2,14D,15D,16D. The van der Waals surface area contributed by atoms with E-state index in [1.54, 1.807) is 0 Å². The molecule has 0 aromatic rings. The summed E-state index contributed by atoms with van der Waals surface area (Å²) in [5.41, 5.74) is -0.674. The van der Waals surface area contributed by atoms with E-state index in [-0.39, 0.29) is 19.3 Å². The van der Waals surface area contributed by atoms with Gasteiger partial charge in [0.1, 0.15) is 12.2 Å². The number of aliphatic hydroxyl groups excluding tert-OH is 1. The number of hydrogen-bond donors (Lipinski definition) is 1. The number of hydrogen-bond acceptors (Lipinski definition) is 5. The molecular formula is C24H36O5. The van der Waals surface area contributed by atoms with Crippen molar-refractivity contribution >= 4 is 11.9 Å². The van der Waals surface area contributed by atoms with Crippen molar-refractivity contribution in [2.45, 2.75) is 84.3 Å². The predicted octanol–water partition coefficient (Wildman–Crippen LogP) is 4.20. The molecule has 3 aliphatic rings. The Balaban J connectivity index is 2.26. The first kappa shape index (κ1) is 9.25. The molecule has 2 aliphatic carbocycles. The molecule has 1 heterocycles. The topological polar surface area (TPSA) is 72.8 Å². The number of aliphatic hydroxyl groups is 1. The van der Waals surface area contributed by atoms with Crippen molar-refractivity contribution in [3.8, 4) is 0 Å². The van der Waals surface area contributed by atoms with Crippen LogP contribution in [0, 0.1) is 29.5 Å². The van der Waals surface area contributed by atoms with Crippen LogP contribution in [0.25, 0.3) is 0 Å². The Labute approximate surface area is 197 Å². The SMILES string of the molecule is [2H]C1=C([2H])[C@]([2H])(C)[C@H](CCC2C[C@@H](O)C([2H])([2H])C(=O)O2)[C@@H]2C1=C([2H])[C@]([2H])(C([2H])([2H])[2H])C([2H])([2H])C2OC(=O)[C@]([2H])(CC)C([2H])([2H])[2H]. The van der Waals surface area contributed by atoms with Gasteiger partial charge in [0.25, 0.3) is 0 Å². The average molecular weight is 421 g/mol. The number of esters is 2. The molecule has 1 N–H and O–H groups in total. The van der Waals surface area contributed by atoms with Gasteiger partial charge in [-0.3, -0.25) is 9.59 Å². The van der Waals surface area contributed by atoms with E-state index in [4.69, 9.17) is 31.4 Å². The van der Waals surface area contributed by atoms with E-state index in [0.29, 0.717) is 0 Å². The number of carbonyl (C=O) groups excluding carboxylic acids is 2. The molecular weight excluding hydrogens is 368 g/mol. The number of rotatable bonds is 6. The van der Waals surface area contributed by atoms with Gasteiger partial charge in [-0.2, -0.15) is 0 Å². The summed E-state index contributed by atoms with van der Waals surface area (Å²) in [6.45, 7) is -4.58. The Kier molecular flexibility index (Phi) is 3.02. The Morgan fingerprint density at radius 1 is 1.59 bits per heavy atom. The fourth-order valence-electron chi connectivity index (χ4n) is 3.74. The Morgan fingerprint density at radius 2 is 2.41 bits per heavy atom. The maximum atomic E-state index is 13.4. The van der Waals surface area contributed by atoms with E-state index in [2.05, 4.69) is 0 Å². The van der Waals surface area contributed by atoms with Gasteiger partial charge in [0.05, 0.1) is 22.5 Å². The monoisotopic (exact) mass is 420 g/mol. The third kappa shape index (κ3) is 5.30. The Hall–Kier alpha value is -1.62. The molecule has 2 unspecified atom stereocenters. The molecule has 0 radical (unpaired) electrons. The van der Waals surface area contributed by atoms with Crippen LogP contribution in [0.4, 0.5) is 0 Å². The van der Waals surface area contributed by atoms with Crippen molar-refractivity contribution in [2.75, 3.05) is 0 Å². The highest BCUT2D eigenvalue weighted by Crippen LogP contribution is 2.45. The third-order valence-electron chi connectivity index (χ3n) is 5.27. The summed E-state index contributed by atoms with van der Waals surface area (Å²) < 4.78 is 143. The first-order valence-electron chi connectivity index (χ1n) is 17.6. The minimum Gasteiger partial charge on any atom is -0.462 e. The van der Waals surface area contributed by atoms with Crippen LogP contribution in [0.2, 0.25) is 0 Å². The van der Waals surface area contributed by atoms with Crippen molar-refractivity contribution in [2.24, 2.45) is 29.5 Å². The van der Waals surface area contributed by atoms with Crippen LogP contribution in [-0.4, -0.2) is 35.4 Å². The van der Waals surface area contributed by atoms with Gasteiger partial charge in [-0.1, -0.05) is 45.7 Å². The maximum Gasteiger partial charge on any atom is 0.308 e. The summed E-state index contributed by atoms with van der Waals surface area (Å²) in [5.74, 6) is -15.0. The molecule has 0 amide bonds. The second-order valence-corrected chi connectivity index (χ2v) is 7.28. The van der Waals surface area contributed by atoms with E-state index in [1.807, 2.05) is 0 Å². The first-order valence-corrected chi connectivity index (χ1v) is 9.56. The highest BCUT2D eigenvalue weighted by Gasteiger charge is 2.42. The van der Waals surface area contributed by atoms with Crippen LogP contribution in [0.3, 0.4) is 0 Å². The fraction of sp³-hybridized carbons (Fsp3) is 0.750. The average Bonchev–Trinajstić information content (AvgIpc) is 2.89. The van der Waals surface area contributed by atoms with E-state index in [1.165, 1.54) is 13.8 Å². The van der Waals surface area contributed by atoms with Crippen LogP contribution < -0.4 is 0 Å². The van der Waals surface area contributed by atoms with Gasteiger partial charge in [-0.25, -0.2) is 0 Å². The van der Waals surface area contributed by atoms with Crippen molar-refractivity contribution in [3.63, 3.8) is 0 Å². The third-order valence-corrected chi connectivity index (χ3v) is 5.27. The van der Waals surface area contributed by atoms with Gasteiger partial charge >= 0.3 is 11.9 Å². The zero-order valence-corrected chi connectivity index (χ0v) is 16.3. The van der Waals surface area contributed by atoms with Crippen molar-refractivity contribution in [1.29, 1.82) is 0 Å². The van der Waals surface area contributed by atoms with E-state index < -0.39 is 116 Å². The van der Waals surface area contributed by atoms with Gasteiger partial charge in [0, 0.05) is 30.2 Å². The molecule has 0 aromatic carbocycles. The summed E-state index contributed by atoms with van der Waals surface area (Å²) in [6, 6.07) is -2.85. The van der Waals surface area contributed by atoms with Gasteiger partial charge in [0.15, 0.2) is 0 Å². The molecule has 1 saturated heterocycles. The number of fused-ring (bicyclic) bond motifs is 1. The lowest BCUT2D eigenvalue weighted by molar-refractivity contribution is -0.162. The molecule has 0 bridgehead atoms. The predicted molar refractivity (Wildman–Crippen MR) is 111 cm³/mol. The fourth-order valence-corrected chi connectivity index (χ4v) is 3.74. The number of ether oxygens (including phenoxy) is 2. The molecule has 8 atom stereocenters. The molecule has 5 nitrogen and oxygen atoms in total. The lowest BCUT2D eigenvalue weighted by Crippen LogP contribution is -2.42. The van der Waals surface area contributed by atoms with Crippen LogP contribution in [0.1, 0.15) is 87.9 Å². The van der Waals surface area contributed by atoms with Crippen molar-refractivity contribution in [3.05, 3.63) is 23.7 Å². The van der Waals surface area contributed by atoms with Gasteiger partial charge in [-0.05, 0) is 48.9 Å².